The van der Waals surface area contributed by atoms with E-state index in [1.165, 1.54) is 12.0 Å². The molecule has 0 amide bonds. The van der Waals surface area contributed by atoms with Crippen molar-refractivity contribution in [2.24, 2.45) is 0 Å². The number of nitrogens with one attached hydrogen (secondary N) is 2. The molecule has 3 aromatic rings. The highest BCUT2D eigenvalue weighted by Gasteiger charge is 2.35. The predicted molar refractivity (Wildman–Crippen MR) is 124 cm³/mol. The number of aromatic nitrogens is 2. The first-order valence-corrected chi connectivity index (χ1v) is 11.0. The molecule has 0 aliphatic rings. The molecule has 7 heteroatoms. The quantitative estimate of drug-likeness (QED) is 0.316. The van der Waals surface area contributed by atoms with Crippen LogP contribution in [0.3, 0.4) is 0 Å². The molecular weight excluding hydrogens is 413 g/mol. The Morgan fingerprint density at radius 1 is 0.844 bits per heavy atom. The Morgan fingerprint density at radius 3 is 2.31 bits per heavy atom. The smallest absolute Gasteiger partial charge is 0.340 e. The molecule has 2 N–H and O–H groups in total. The Hall–Kier alpha value is -3.09. The number of aryl methyl sites for hydroxylation is 2. The van der Waals surface area contributed by atoms with Crippen LogP contribution in [0.25, 0.3) is 0 Å². The van der Waals surface area contributed by atoms with Crippen molar-refractivity contribution in [1.82, 2.24) is 9.97 Å². The van der Waals surface area contributed by atoms with Crippen LogP contribution in [0.1, 0.15) is 56.2 Å². The fourth-order valence-corrected chi connectivity index (χ4v) is 3.39. The van der Waals surface area contributed by atoms with Gasteiger partial charge in [0, 0.05) is 17.6 Å². The summed E-state index contributed by atoms with van der Waals surface area (Å²) in [5.41, 5.74) is 2.63. The van der Waals surface area contributed by atoms with Crippen molar-refractivity contribution < 1.29 is 13.2 Å². The molecule has 2 aromatic carbocycles. The van der Waals surface area contributed by atoms with Gasteiger partial charge in [-0.15, -0.1) is 0 Å². The highest BCUT2D eigenvalue weighted by Crippen LogP contribution is 2.35. The third kappa shape index (κ3) is 6.70. The van der Waals surface area contributed by atoms with Gasteiger partial charge in [-0.3, -0.25) is 0 Å². The highest BCUT2D eigenvalue weighted by atomic mass is 19.4. The second-order valence-electron chi connectivity index (χ2n) is 7.77. The predicted octanol–water partition coefficient (Wildman–Crippen LogP) is 7.67. The lowest BCUT2D eigenvalue weighted by Crippen LogP contribution is -2.12. The van der Waals surface area contributed by atoms with Crippen molar-refractivity contribution in [1.29, 1.82) is 0 Å². The van der Waals surface area contributed by atoms with E-state index in [9.17, 15) is 13.2 Å². The molecule has 0 atom stereocenters. The zero-order chi connectivity index (χ0) is 23.0. The molecule has 0 spiro atoms. The third-order valence-electron chi connectivity index (χ3n) is 5.22. The second-order valence-corrected chi connectivity index (χ2v) is 7.77. The van der Waals surface area contributed by atoms with Gasteiger partial charge >= 0.3 is 6.18 Å². The monoisotopic (exact) mass is 442 g/mol. The van der Waals surface area contributed by atoms with Gasteiger partial charge in [-0.05, 0) is 54.7 Å². The summed E-state index contributed by atoms with van der Waals surface area (Å²) in [4.78, 5) is 8.01. The summed E-state index contributed by atoms with van der Waals surface area (Å²) in [5, 5.41) is 5.84. The molecule has 0 saturated heterocycles. The lowest BCUT2D eigenvalue weighted by atomic mass is 10.1. The molecule has 0 aliphatic carbocycles. The molecule has 32 heavy (non-hydrogen) atoms. The van der Waals surface area contributed by atoms with Crippen molar-refractivity contribution in [2.45, 2.75) is 58.5 Å². The van der Waals surface area contributed by atoms with Crippen LogP contribution in [0.5, 0.6) is 0 Å². The maximum atomic E-state index is 13.6. The van der Waals surface area contributed by atoms with E-state index in [0.717, 1.165) is 43.9 Å². The van der Waals surface area contributed by atoms with Crippen molar-refractivity contribution >= 4 is 23.1 Å². The SMILES string of the molecule is CCCCCCc1cccc(Nc2nc(Nc3ccc(CC)cc3)ncc2C(F)(F)F)c1. The van der Waals surface area contributed by atoms with Gasteiger partial charge in [-0.2, -0.15) is 18.2 Å². The molecule has 1 heterocycles. The van der Waals surface area contributed by atoms with Crippen LogP contribution in [-0.2, 0) is 19.0 Å². The first kappa shape index (κ1) is 23.6. The molecule has 0 unspecified atom stereocenters. The maximum Gasteiger partial charge on any atom is 0.421 e. The van der Waals surface area contributed by atoms with Crippen LogP contribution in [0.2, 0.25) is 0 Å². The third-order valence-corrected chi connectivity index (χ3v) is 5.22. The number of unbranched alkanes of at least 4 members (excludes halogenated alkanes) is 3. The van der Waals surface area contributed by atoms with Gasteiger partial charge in [0.15, 0.2) is 0 Å². The molecule has 4 nitrogen and oxygen atoms in total. The Bertz CT molecular complexity index is 1000. The molecule has 0 bridgehead atoms. The highest BCUT2D eigenvalue weighted by molar-refractivity contribution is 5.63. The normalized spacial score (nSPS) is 11.4. The molecule has 0 aliphatic heterocycles. The Morgan fingerprint density at radius 2 is 1.62 bits per heavy atom. The van der Waals surface area contributed by atoms with E-state index < -0.39 is 11.7 Å². The van der Waals surface area contributed by atoms with Gasteiger partial charge in [0.25, 0.3) is 0 Å². The van der Waals surface area contributed by atoms with E-state index >= 15 is 0 Å². The van der Waals surface area contributed by atoms with Gasteiger partial charge in [0.2, 0.25) is 5.95 Å². The van der Waals surface area contributed by atoms with Crippen LogP contribution in [0, 0.1) is 0 Å². The molecule has 0 radical (unpaired) electrons. The zero-order valence-electron chi connectivity index (χ0n) is 18.5. The van der Waals surface area contributed by atoms with Crippen LogP contribution < -0.4 is 10.6 Å². The molecule has 170 valence electrons. The minimum Gasteiger partial charge on any atom is -0.340 e. The van der Waals surface area contributed by atoms with E-state index in [2.05, 4.69) is 34.4 Å². The number of anilines is 4. The molecular formula is C25H29F3N4. The van der Waals surface area contributed by atoms with Crippen LogP contribution in [0.4, 0.5) is 36.3 Å². The first-order valence-electron chi connectivity index (χ1n) is 11.0. The van der Waals surface area contributed by atoms with Gasteiger partial charge in [-0.1, -0.05) is 57.4 Å². The van der Waals surface area contributed by atoms with E-state index in [0.29, 0.717) is 11.4 Å². The van der Waals surface area contributed by atoms with E-state index in [4.69, 9.17) is 0 Å². The Kier molecular flexibility index (Phi) is 8.09. The van der Waals surface area contributed by atoms with Crippen LogP contribution in [0.15, 0.2) is 54.7 Å². The number of hydrogen-bond acceptors (Lipinski definition) is 4. The standard InChI is InChI=1S/C25H29F3N4/c1-3-5-6-7-9-19-10-8-11-21(16-19)30-23-22(25(26,27)28)17-29-24(32-23)31-20-14-12-18(4-2)13-15-20/h8,10-17H,3-7,9H2,1-2H3,(H2,29,30,31,32). The van der Waals surface area contributed by atoms with E-state index in [-0.39, 0.29) is 11.8 Å². The maximum absolute atomic E-state index is 13.6. The van der Waals surface area contributed by atoms with Crippen molar-refractivity contribution in [3.63, 3.8) is 0 Å². The fraction of sp³-hybridized carbons (Fsp3) is 0.360. The average molecular weight is 443 g/mol. The van der Waals surface area contributed by atoms with Gasteiger partial charge in [0.1, 0.15) is 11.4 Å². The van der Waals surface area contributed by atoms with Crippen molar-refractivity contribution in [2.75, 3.05) is 10.6 Å². The van der Waals surface area contributed by atoms with Gasteiger partial charge < -0.3 is 10.6 Å². The zero-order valence-corrected chi connectivity index (χ0v) is 18.5. The van der Waals surface area contributed by atoms with Crippen LogP contribution >= 0.6 is 0 Å². The summed E-state index contributed by atoms with van der Waals surface area (Å²) in [7, 11) is 0. The summed E-state index contributed by atoms with van der Waals surface area (Å²) >= 11 is 0. The number of halogens is 3. The second kappa shape index (κ2) is 11.0. The molecule has 0 fully saturated rings. The topological polar surface area (TPSA) is 49.8 Å². The summed E-state index contributed by atoms with van der Waals surface area (Å²) in [6.07, 6.45) is 2.60. The summed E-state index contributed by atoms with van der Waals surface area (Å²) < 4.78 is 40.7. The number of rotatable bonds is 10. The first-order chi connectivity index (χ1) is 15.4. The van der Waals surface area contributed by atoms with Gasteiger partial charge in [0.05, 0.1) is 0 Å². The lowest BCUT2D eigenvalue weighted by molar-refractivity contribution is -0.137. The number of alkyl halides is 3. The summed E-state index contributed by atoms with van der Waals surface area (Å²) in [6.45, 7) is 4.22. The summed E-state index contributed by atoms with van der Waals surface area (Å²) in [5.74, 6) is -0.177. The molecule has 0 saturated carbocycles. The van der Waals surface area contributed by atoms with E-state index in [1.54, 1.807) is 6.07 Å². The average Bonchev–Trinajstić information content (AvgIpc) is 2.77. The molecule has 1 aromatic heterocycles. The van der Waals surface area contributed by atoms with Crippen molar-refractivity contribution in [3.8, 4) is 0 Å². The minimum atomic E-state index is -4.57. The van der Waals surface area contributed by atoms with E-state index in [1.807, 2.05) is 42.5 Å². The number of benzene rings is 2. The van der Waals surface area contributed by atoms with Gasteiger partial charge in [-0.25, -0.2) is 4.98 Å². The minimum absolute atomic E-state index is 0.0977. The summed E-state index contributed by atoms with van der Waals surface area (Å²) in [6, 6.07) is 15.1. The van der Waals surface area contributed by atoms with Crippen LogP contribution in [-0.4, -0.2) is 9.97 Å². The van der Waals surface area contributed by atoms with Crippen molar-refractivity contribution in [3.05, 3.63) is 71.4 Å². The largest absolute Gasteiger partial charge is 0.421 e. The number of hydrogen-bond donors (Lipinski definition) is 2. The Balaban J connectivity index is 1.81. The Labute approximate surface area is 187 Å². The molecule has 3 rings (SSSR count). The lowest BCUT2D eigenvalue weighted by Gasteiger charge is -2.15. The fourth-order valence-electron chi connectivity index (χ4n) is 3.39. The number of nitrogens with zero attached hydrogens (tertiary/aromatic N) is 2.